The molecular formula is C39H51N5O4. The molecule has 9 nitrogen and oxygen atoms in total. The number of allylic oxidation sites excluding steroid dienone is 1. The van der Waals surface area contributed by atoms with E-state index in [0.29, 0.717) is 24.3 Å². The maximum atomic E-state index is 13.3. The molecule has 3 aliphatic heterocycles. The smallest absolute Gasteiger partial charge is 0.269 e. The normalized spacial score (nSPS) is 22.4. The molecule has 0 spiro atoms. The SMILES string of the molecule is COc1cc(-c2cn(C)c(=O)c(C)c2C)cc(OC)c1CN1CC2C(C1)N2Cc1cccc2c1CCN(C(=O)/C(N)=C/C(C)(C)C)C2C. The Morgan fingerprint density at radius 2 is 1.67 bits per heavy atom. The van der Waals surface area contributed by atoms with Gasteiger partial charge in [-0.3, -0.25) is 19.4 Å². The van der Waals surface area contributed by atoms with Gasteiger partial charge in [-0.25, -0.2) is 0 Å². The fourth-order valence-electron chi connectivity index (χ4n) is 7.86. The number of aryl methyl sites for hydroxylation is 1. The van der Waals surface area contributed by atoms with Crippen LogP contribution in [0.1, 0.15) is 67.1 Å². The first-order chi connectivity index (χ1) is 22.7. The molecule has 9 heteroatoms. The number of piperazine rings is 1. The number of carbonyl (C=O) groups is 1. The highest BCUT2D eigenvalue weighted by molar-refractivity contribution is 5.93. The van der Waals surface area contributed by atoms with Crippen LogP contribution < -0.4 is 20.8 Å². The number of nitrogens with zero attached hydrogens (tertiary/aromatic N) is 4. The van der Waals surface area contributed by atoms with Gasteiger partial charge in [0.2, 0.25) is 0 Å². The van der Waals surface area contributed by atoms with Crippen molar-refractivity contribution >= 4 is 5.91 Å². The number of hydrogen-bond acceptors (Lipinski definition) is 7. The van der Waals surface area contributed by atoms with Crippen LogP contribution in [0.5, 0.6) is 11.5 Å². The number of amides is 1. The van der Waals surface area contributed by atoms with Gasteiger partial charge < -0.3 is 24.7 Å². The number of fused-ring (bicyclic) bond motifs is 2. The van der Waals surface area contributed by atoms with Crippen molar-refractivity contribution in [2.24, 2.45) is 18.2 Å². The van der Waals surface area contributed by atoms with Crippen molar-refractivity contribution in [3.05, 3.63) is 92.0 Å². The van der Waals surface area contributed by atoms with E-state index in [1.54, 1.807) is 25.8 Å². The monoisotopic (exact) mass is 653 g/mol. The van der Waals surface area contributed by atoms with E-state index in [2.05, 4.69) is 67.8 Å². The van der Waals surface area contributed by atoms with Gasteiger partial charge in [-0.15, -0.1) is 0 Å². The molecule has 3 unspecified atom stereocenters. The lowest BCUT2D eigenvalue weighted by Gasteiger charge is -2.36. The third-order valence-electron chi connectivity index (χ3n) is 10.6. The Morgan fingerprint density at radius 1 is 1.02 bits per heavy atom. The molecule has 0 saturated carbocycles. The van der Waals surface area contributed by atoms with Crippen LogP contribution in [-0.4, -0.2) is 71.1 Å². The van der Waals surface area contributed by atoms with Crippen molar-refractivity contribution in [1.82, 2.24) is 19.3 Å². The summed E-state index contributed by atoms with van der Waals surface area (Å²) in [5.74, 6) is 1.51. The van der Waals surface area contributed by atoms with Crippen LogP contribution in [0.25, 0.3) is 11.1 Å². The molecule has 3 atom stereocenters. The average Bonchev–Trinajstić information content (AvgIpc) is 3.48. The minimum Gasteiger partial charge on any atom is -0.496 e. The number of aromatic nitrogens is 1. The second-order valence-corrected chi connectivity index (χ2v) is 14.9. The van der Waals surface area contributed by atoms with Gasteiger partial charge in [0.15, 0.2) is 0 Å². The molecule has 2 fully saturated rings. The van der Waals surface area contributed by atoms with E-state index >= 15 is 0 Å². The summed E-state index contributed by atoms with van der Waals surface area (Å²) in [6.07, 6.45) is 4.60. The van der Waals surface area contributed by atoms with Crippen LogP contribution in [-0.2, 0) is 31.4 Å². The highest BCUT2D eigenvalue weighted by atomic mass is 16.5. The zero-order chi connectivity index (χ0) is 34.7. The summed E-state index contributed by atoms with van der Waals surface area (Å²) in [6, 6.07) is 11.7. The molecule has 0 radical (unpaired) electrons. The molecule has 2 aromatic carbocycles. The first-order valence-electron chi connectivity index (χ1n) is 17.0. The highest BCUT2D eigenvalue weighted by Crippen LogP contribution is 2.42. The number of rotatable bonds is 8. The van der Waals surface area contributed by atoms with E-state index in [9.17, 15) is 9.59 Å². The predicted molar refractivity (Wildman–Crippen MR) is 190 cm³/mol. The van der Waals surface area contributed by atoms with Crippen molar-refractivity contribution in [1.29, 1.82) is 0 Å². The topological polar surface area (TPSA) is 93.0 Å². The Labute approximate surface area is 284 Å². The maximum absolute atomic E-state index is 13.3. The molecule has 2 saturated heterocycles. The number of pyridine rings is 1. The molecule has 256 valence electrons. The van der Waals surface area contributed by atoms with Crippen molar-refractivity contribution in [2.75, 3.05) is 33.9 Å². The van der Waals surface area contributed by atoms with Crippen molar-refractivity contribution in [3.8, 4) is 22.6 Å². The van der Waals surface area contributed by atoms with E-state index in [1.165, 1.54) is 16.7 Å². The van der Waals surface area contributed by atoms with E-state index in [-0.39, 0.29) is 22.9 Å². The third kappa shape index (κ3) is 6.26. The Balaban J connectivity index is 1.13. The molecule has 6 rings (SSSR count). The fourth-order valence-corrected chi connectivity index (χ4v) is 7.86. The standard InChI is InChI=1S/C39H51N5O4/c1-23-24(2)37(45)41(7)19-30(23)27-15-35(47-8)31(36(16-27)48-9)20-42-21-33-34(22-42)44(33)18-26-11-10-12-28-25(3)43(14-13-29(26)28)38(46)32(40)17-39(4,5)6/h10-12,15-17,19,25,33-34H,13-14,18,20-22,40H2,1-9H3/b32-17-. The largest absolute Gasteiger partial charge is 0.496 e. The van der Waals surface area contributed by atoms with E-state index < -0.39 is 0 Å². The van der Waals surface area contributed by atoms with Gasteiger partial charge in [-0.2, -0.15) is 0 Å². The maximum Gasteiger partial charge on any atom is 0.269 e. The summed E-state index contributed by atoms with van der Waals surface area (Å²) >= 11 is 0. The zero-order valence-electron chi connectivity index (χ0n) is 30.0. The van der Waals surface area contributed by atoms with E-state index in [0.717, 1.165) is 71.9 Å². The summed E-state index contributed by atoms with van der Waals surface area (Å²) in [5, 5.41) is 0. The minimum absolute atomic E-state index is 0.0172. The molecule has 4 heterocycles. The lowest BCUT2D eigenvalue weighted by atomic mass is 9.89. The summed E-state index contributed by atoms with van der Waals surface area (Å²) in [4.78, 5) is 32.8. The van der Waals surface area contributed by atoms with Crippen molar-refractivity contribution < 1.29 is 14.3 Å². The van der Waals surface area contributed by atoms with Crippen molar-refractivity contribution in [2.45, 2.75) is 79.2 Å². The quantitative estimate of drug-likeness (QED) is 0.268. The summed E-state index contributed by atoms with van der Waals surface area (Å²) in [5.41, 5.74) is 15.1. The number of hydrogen-bond donors (Lipinski definition) is 1. The number of benzene rings is 2. The van der Waals surface area contributed by atoms with Gasteiger partial charge in [-0.05, 0) is 72.6 Å². The van der Waals surface area contributed by atoms with Gasteiger partial charge in [0.25, 0.3) is 11.5 Å². The van der Waals surface area contributed by atoms with Crippen LogP contribution in [0.3, 0.4) is 0 Å². The van der Waals surface area contributed by atoms with Gasteiger partial charge in [0.1, 0.15) is 11.5 Å². The number of likely N-dealkylation sites (tertiary alicyclic amines) is 1. The van der Waals surface area contributed by atoms with Crippen LogP contribution in [0.4, 0.5) is 0 Å². The Morgan fingerprint density at radius 3 is 2.27 bits per heavy atom. The highest BCUT2D eigenvalue weighted by Gasteiger charge is 2.53. The number of nitrogens with two attached hydrogens (primary N) is 1. The zero-order valence-corrected chi connectivity index (χ0v) is 30.0. The Bertz CT molecular complexity index is 1800. The molecule has 0 aliphatic carbocycles. The Kier molecular flexibility index (Phi) is 8.98. The fraction of sp³-hybridized carbons (Fsp3) is 0.487. The first-order valence-corrected chi connectivity index (χ1v) is 17.0. The summed E-state index contributed by atoms with van der Waals surface area (Å²) < 4.78 is 13.5. The molecule has 3 aliphatic rings. The third-order valence-corrected chi connectivity index (χ3v) is 10.6. The second-order valence-electron chi connectivity index (χ2n) is 14.9. The molecule has 1 aromatic heterocycles. The predicted octanol–water partition coefficient (Wildman–Crippen LogP) is 5.09. The van der Waals surface area contributed by atoms with Crippen LogP contribution >= 0.6 is 0 Å². The summed E-state index contributed by atoms with van der Waals surface area (Å²) in [6.45, 7) is 16.5. The first kappa shape index (κ1) is 33.8. The number of carbonyl (C=O) groups excluding carboxylic acids is 1. The van der Waals surface area contributed by atoms with Crippen molar-refractivity contribution in [3.63, 3.8) is 0 Å². The minimum atomic E-state index is -0.150. The molecule has 3 aromatic rings. The molecular weight excluding hydrogens is 602 g/mol. The van der Waals surface area contributed by atoms with Crippen LogP contribution in [0, 0.1) is 19.3 Å². The van der Waals surface area contributed by atoms with Gasteiger partial charge in [-0.1, -0.05) is 45.0 Å². The molecule has 48 heavy (non-hydrogen) atoms. The Hall–Kier alpha value is -4.08. The molecule has 2 N–H and O–H groups in total. The summed E-state index contributed by atoms with van der Waals surface area (Å²) in [7, 11) is 5.20. The average molecular weight is 654 g/mol. The molecule has 1 amide bonds. The van der Waals surface area contributed by atoms with Crippen LogP contribution in [0.2, 0.25) is 0 Å². The number of ether oxygens (including phenoxy) is 2. The number of methoxy groups -OCH3 is 2. The van der Waals surface area contributed by atoms with Crippen LogP contribution in [0.15, 0.2) is 53.1 Å². The lowest BCUT2D eigenvalue weighted by Crippen LogP contribution is -2.41. The van der Waals surface area contributed by atoms with Gasteiger partial charge in [0.05, 0.1) is 31.5 Å². The molecule has 0 bridgehead atoms. The van der Waals surface area contributed by atoms with E-state index in [4.69, 9.17) is 15.2 Å². The lowest BCUT2D eigenvalue weighted by molar-refractivity contribution is -0.129. The van der Waals surface area contributed by atoms with Gasteiger partial charge in [0, 0.05) is 69.2 Å². The second kappa shape index (κ2) is 12.7. The van der Waals surface area contributed by atoms with E-state index in [1.807, 2.05) is 31.0 Å². The van der Waals surface area contributed by atoms with Gasteiger partial charge >= 0.3 is 0 Å².